The molecule has 0 bridgehead atoms. The molecule has 0 aliphatic heterocycles. The number of rotatable bonds is 3. The van der Waals surface area contributed by atoms with Gasteiger partial charge in [0, 0.05) is 27.7 Å². The summed E-state index contributed by atoms with van der Waals surface area (Å²) in [4.78, 5) is 14.6. The van der Waals surface area contributed by atoms with E-state index in [9.17, 15) is 10.1 Å². The summed E-state index contributed by atoms with van der Waals surface area (Å²) in [6.07, 6.45) is 0. The fourth-order valence-corrected chi connectivity index (χ4v) is 2.07. The van der Waals surface area contributed by atoms with E-state index in [0.717, 1.165) is 10.0 Å². The predicted molar refractivity (Wildman–Crippen MR) is 79.5 cm³/mol. The van der Waals surface area contributed by atoms with Crippen LogP contribution in [0.2, 0.25) is 0 Å². The highest BCUT2D eigenvalue weighted by Gasteiger charge is 2.13. The summed E-state index contributed by atoms with van der Waals surface area (Å²) in [5.74, 6) is 0.681. The second-order valence-corrected chi connectivity index (χ2v) is 5.15. The number of hydrogen-bond acceptors (Lipinski definition) is 5. The third-order valence-corrected chi connectivity index (χ3v) is 3.36. The van der Waals surface area contributed by atoms with Crippen LogP contribution >= 0.6 is 15.9 Å². The lowest BCUT2D eigenvalue weighted by molar-refractivity contribution is -0.384. The van der Waals surface area contributed by atoms with Crippen LogP contribution in [-0.4, -0.2) is 15.1 Å². The SMILES string of the molecule is O=[N+]([O-])c1cccc(-c2noc(-c3ccc(Br)cc3)n2)c1. The highest BCUT2D eigenvalue weighted by Crippen LogP contribution is 2.25. The summed E-state index contributed by atoms with van der Waals surface area (Å²) < 4.78 is 6.15. The van der Waals surface area contributed by atoms with Crippen LogP contribution < -0.4 is 0 Å². The predicted octanol–water partition coefficient (Wildman–Crippen LogP) is 4.07. The Bertz CT molecular complexity index is 799. The first-order valence-electron chi connectivity index (χ1n) is 5.98. The van der Waals surface area contributed by atoms with Gasteiger partial charge >= 0.3 is 0 Å². The Kier molecular flexibility index (Phi) is 3.49. The molecular weight excluding hydrogens is 338 g/mol. The molecule has 21 heavy (non-hydrogen) atoms. The van der Waals surface area contributed by atoms with Crippen molar-refractivity contribution in [3.05, 3.63) is 63.1 Å². The zero-order valence-electron chi connectivity index (χ0n) is 10.6. The van der Waals surface area contributed by atoms with Crippen LogP contribution in [0.4, 0.5) is 5.69 Å². The van der Waals surface area contributed by atoms with Crippen molar-refractivity contribution in [2.45, 2.75) is 0 Å². The number of nitrogens with zero attached hydrogens (tertiary/aromatic N) is 3. The van der Waals surface area contributed by atoms with Crippen molar-refractivity contribution in [1.29, 1.82) is 0 Å². The van der Waals surface area contributed by atoms with Gasteiger partial charge in [0.25, 0.3) is 11.6 Å². The van der Waals surface area contributed by atoms with Crippen molar-refractivity contribution in [3.8, 4) is 22.8 Å². The van der Waals surface area contributed by atoms with Crippen LogP contribution in [0, 0.1) is 10.1 Å². The lowest BCUT2D eigenvalue weighted by Gasteiger charge is -1.95. The first-order valence-corrected chi connectivity index (χ1v) is 6.77. The number of nitro benzene ring substituents is 1. The van der Waals surface area contributed by atoms with Gasteiger partial charge in [-0.05, 0) is 24.3 Å². The number of hydrogen-bond donors (Lipinski definition) is 0. The lowest BCUT2D eigenvalue weighted by Crippen LogP contribution is -1.88. The number of benzene rings is 2. The van der Waals surface area contributed by atoms with Gasteiger partial charge in [0.2, 0.25) is 5.82 Å². The topological polar surface area (TPSA) is 82.1 Å². The molecule has 0 saturated heterocycles. The summed E-state index contributed by atoms with van der Waals surface area (Å²) in [5, 5.41) is 14.6. The average Bonchev–Trinajstić information content (AvgIpc) is 2.98. The van der Waals surface area contributed by atoms with Gasteiger partial charge in [-0.3, -0.25) is 10.1 Å². The Morgan fingerprint density at radius 3 is 2.57 bits per heavy atom. The molecule has 0 aliphatic rings. The summed E-state index contributed by atoms with van der Waals surface area (Å²) in [7, 11) is 0. The van der Waals surface area contributed by atoms with Crippen molar-refractivity contribution in [3.63, 3.8) is 0 Å². The molecule has 0 atom stereocenters. The molecule has 0 amide bonds. The third-order valence-electron chi connectivity index (χ3n) is 2.83. The van der Waals surface area contributed by atoms with Gasteiger partial charge in [-0.1, -0.05) is 33.2 Å². The van der Waals surface area contributed by atoms with E-state index in [4.69, 9.17) is 4.52 Å². The average molecular weight is 346 g/mol. The van der Waals surface area contributed by atoms with Gasteiger partial charge in [-0.25, -0.2) is 0 Å². The molecule has 2 aromatic carbocycles. The van der Waals surface area contributed by atoms with Crippen LogP contribution in [0.15, 0.2) is 57.5 Å². The van der Waals surface area contributed by atoms with E-state index >= 15 is 0 Å². The maximum absolute atomic E-state index is 10.8. The molecule has 0 aliphatic carbocycles. The van der Waals surface area contributed by atoms with Crippen LogP contribution in [0.5, 0.6) is 0 Å². The Balaban J connectivity index is 1.96. The quantitative estimate of drug-likeness (QED) is 0.527. The first kappa shape index (κ1) is 13.4. The van der Waals surface area contributed by atoms with Crippen LogP contribution in [-0.2, 0) is 0 Å². The first-order chi connectivity index (χ1) is 10.1. The zero-order valence-corrected chi connectivity index (χ0v) is 12.1. The van der Waals surface area contributed by atoms with E-state index in [0.29, 0.717) is 17.3 Å². The van der Waals surface area contributed by atoms with E-state index in [-0.39, 0.29) is 5.69 Å². The van der Waals surface area contributed by atoms with Crippen molar-refractivity contribution >= 4 is 21.6 Å². The summed E-state index contributed by atoms with van der Waals surface area (Å²) >= 11 is 3.35. The Labute approximate surface area is 127 Å². The second-order valence-electron chi connectivity index (χ2n) is 4.24. The van der Waals surface area contributed by atoms with Gasteiger partial charge in [0.05, 0.1) is 4.92 Å². The van der Waals surface area contributed by atoms with Crippen LogP contribution in [0.1, 0.15) is 0 Å². The molecule has 7 heteroatoms. The minimum absolute atomic E-state index is 0.0116. The largest absolute Gasteiger partial charge is 0.334 e. The molecule has 0 N–H and O–H groups in total. The maximum atomic E-state index is 10.8. The molecule has 0 saturated carbocycles. The van der Waals surface area contributed by atoms with E-state index in [1.165, 1.54) is 12.1 Å². The lowest BCUT2D eigenvalue weighted by atomic mass is 10.2. The summed E-state index contributed by atoms with van der Waals surface area (Å²) in [6.45, 7) is 0. The van der Waals surface area contributed by atoms with E-state index in [1.54, 1.807) is 12.1 Å². The molecule has 3 rings (SSSR count). The molecule has 0 fully saturated rings. The molecule has 6 nitrogen and oxygen atoms in total. The Hall–Kier alpha value is -2.54. The van der Waals surface area contributed by atoms with Gasteiger partial charge in [0.15, 0.2) is 0 Å². The van der Waals surface area contributed by atoms with Gasteiger partial charge in [-0.2, -0.15) is 4.98 Å². The highest BCUT2D eigenvalue weighted by atomic mass is 79.9. The zero-order chi connectivity index (χ0) is 14.8. The van der Waals surface area contributed by atoms with Crippen molar-refractivity contribution < 1.29 is 9.45 Å². The van der Waals surface area contributed by atoms with Crippen molar-refractivity contribution in [2.24, 2.45) is 0 Å². The highest BCUT2D eigenvalue weighted by molar-refractivity contribution is 9.10. The molecule has 3 aromatic rings. The van der Waals surface area contributed by atoms with E-state index in [1.807, 2.05) is 24.3 Å². The number of non-ortho nitro benzene ring substituents is 1. The van der Waals surface area contributed by atoms with Crippen LogP contribution in [0.25, 0.3) is 22.8 Å². The number of halogens is 1. The standard InChI is InChI=1S/C14H8BrN3O3/c15-11-6-4-9(5-7-11)14-16-13(17-21-14)10-2-1-3-12(8-10)18(19)20/h1-8H. The maximum Gasteiger partial charge on any atom is 0.270 e. The van der Waals surface area contributed by atoms with E-state index in [2.05, 4.69) is 26.1 Å². The van der Waals surface area contributed by atoms with Gasteiger partial charge in [-0.15, -0.1) is 0 Å². The molecule has 0 spiro atoms. The Morgan fingerprint density at radius 1 is 1.10 bits per heavy atom. The number of nitro groups is 1. The minimum atomic E-state index is -0.459. The van der Waals surface area contributed by atoms with Gasteiger partial charge < -0.3 is 4.52 Å². The Morgan fingerprint density at radius 2 is 1.86 bits per heavy atom. The summed E-state index contributed by atoms with van der Waals surface area (Å²) in [6, 6.07) is 13.5. The fraction of sp³-hybridized carbons (Fsp3) is 0. The molecule has 0 radical (unpaired) electrons. The van der Waals surface area contributed by atoms with Crippen LogP contribution in [0.3, 0.4) is 0 Å². The monoisotopic (exact) mass is 345 g/mol. The third kappa shape index (κ3) is 2.82. The van der Waals surface area contributed by atoms with E-state index < -0.39 is 4.92 Å². The molecule has 0 unspecified atom stereocenters. The smallest absolute Gasteiger partial charge is 0.270 e. The second kappa shape index (κ2) is 5.45. The summed E-state index contributed by atoms with van der Waals surface area (Å²) in [5.41, 5.74) is 1.31. The normalized spacial score (nSPS) is 10.5. The molecule has 104 valence electrons. The number of aromatic nitrogens is 2. The van der Waals surface area contributed by atoms with Gasteiger partial charge in [0.1, 0.15) is 0 Å². The molecule has 1 aromatic heterocycles. The minimum Gasteiger partial charge on any atom is -0.334 e. The van der Waals surface area contributed by atoms with Crippen molar-refractivity contribution in [1.82, 2.24) is 10.1 Å². The van der Waals surface area contributed by atoms with Crippen molar-refractivity contribution in [2.75, 3.05) is 0 Å². The fourth-order valence-electron chi connectivity index (χ4n) is 1.81. The molecular formula is C14H8BrN3O3. The molecule has 1 heterocycles.